The van der Waals surface area contributed by atoms with Crippen molar-refractivity contribution in [3.8, 4) is 5.75 Å². The van der Waals surface area contributed by atoms with Crippen LogP contribution in [0.25, 0.3) is 10.8 Å². The Hall–Kier alpha value is -2.88. The van der Waals surface area contributed by atoms with Crippen LogP contribution in [0.3, 0.4) is 0 Å². The standard InChI is InChI=1S/C18H16N2O2/c1-22-17-5-4-15-10-13(2-3-16(15)11-17)12-20-18(21)14-6-8-19-9-7-14/h2-11H,12H2,1H3,(H,20,21). The van der Waals surface area contributed by atoms with Crippen LogP contribution < -0.4 is 10.1 Å². The fourth-order valence-electron chi connectivity index (χ4n) is 2.30. The lowest BCUT2D eigenvalue weighted by molar-refractivity contribution is 0.0951. The van der Waals surface area contributed by atoms with Crippen LogP contribution in [0.2, 0.25) is 0 Å². The molecular formula is C18H16N2O2. The Kier molecular flexibility index (Phi) is 4.01. The Morgan fingerprint density at radius 2 is 1.77 bits per heavy atom. The minimum Gasteiger partial charge on any atom is -0.497 e. The number of aromatic nitrogens is 1. The number of nitrogens with one attached hydrogen (secondary N) is 1. The third-order valence-electron chi connectivity index (χ3n) is 3.51. The molecule has 0 aliphatic carbocycles. The molecule has 1 N–H and O–H groups in total. The SMILES string of the molecule is COc1ccc2cc(CNC(=O)c3ccncc3)ccc2c1. The number of hydrogen-bond donors (Lipinski definition) is 1. The third kappa shape index (κ3) is 3.06. The van der Waals surface area contributed by atoms with Crippen LogP contribution in [0.15, 0.2) is 60.9 Å². The number of carbonyl (C=O) groups is 1. The van der Waals surface area contributed by atoms with E-state index in [-0.39, 0.29) is 5.91 Å². The van der Waals surface area contributed by atoms with Gasteiger partial charge < -0.3 is 10.1 Å². The fraction of sp³-hybridized carbons (Fsp3) is 0.111. The smallest absolute Gasteiger partial charge is 0.251 e. The summed E-state index contributed by atoms with van der Waals surface area (Å²) in [5.41, 5.74) is 1.67. The summed E-state index contributed by atoms with van der Waals surface area (Å²) < 4.78 is 5.22. The third-order valence-corrected chi connectivity index (χ3v) is 3.51. The van der Waals surface area contributed by atoms with Crippen LogP contribution in [0.1, 0.15) is 15.9 Å². The highest BCUT2D eigenvalue weighted by Gasteiger charge is 2.05. The van der Waals surface area contributed by atoms with Crippen LogP contribution in [-0.4, -0.2) is 18.0 Å². The Balaban J connectivity index is 1.73. The number of hydrogen-bond acceptors (Lipinski definition) is 3. The molecule has 0 spiro atoms. The van der Waals surface area contributed by atoms with Gasteiger partial charge in [-0.15, -0.1) is 0 Å². The number of fused-ring (bicyclic) bond motifs is 1. The quantitative estimate of drug-likeness (QED) is 0.803. The highest BCUT2D eigenvalue weighted by atomic mass is 16.5. The molecule has 3 rings (SSSR count). The molecule has 2 aromatic carbocycles. The highest BCUT2D eigenvalue weighted by Crippen LogP contribution is 2.21. The van der Waals surface area contributed by atoms with Gasteiger partial charge in [-0.25, -0.2) is 0 Å². The number of benzene rings is 2. The molecule has 0 saturated heterocycles. The van der Waals surface area contributed by atoms with Gasteiger partial charge in [-0.05, 0) is 46.7 Å². The van der Waals surface area contributed by atoms with E-state index in [9.17, 15) is 4.79 Å². The predicted octanol–water partition coefficient (Wildman–Crippen LogP) is 3.17. The summed E-state index contributed by atoms with van der Waals surface area (Å²) in [5, 5.41) is 5.15. The zero-order valence-electron chi connectivity index (χ0n) is 12.2. The monoisotopic (exact) mass is 292 g/mol. The molecule has 0 aliphatic rings. The van der Waals surface area contributed by atoms with Gasteiger partial charge in [0.2, 0.25) is 0 Å². The van der Waals surface area contributed by atoms with E-state index in [1.165, 1.54) is 0 Å². The van der Waals surface area contributed by atoms with Gasteiger partial charge in [0.25, 0.3) is 5.91 Å². The second kappa shape index (κ2) is 6.26. The summed E-state index contributed by atoms with van der Waals surface area (Å²) >= 11 is 0. The van der Waals surface area contributed by atoms with Crippen LogP contribution in [0.5, 0.6) is 5.75 Å². The van der Waals surface area contributed by atoms with E-state index in [1.54, 1.807) is 31.6 Å². The largest absolute Gasteiger partial charge is 0.497 e. The van der Waals surface area contributed by atoms with Crippen molar-refractivity contribution in [1.82, 2.24) is 10.3 Å². The van der Waals surface area contributed by atoms with Crippen LogP contribution in [0.4, 0.5) is 0 Å². The number of methoxy groups -OCH3 is 1. The minimum atomic E-state index is -0.0998. The summed E-state index contributed by atoms with van der Waals surface area (Å²) in [6.45, 7) is 0.489. The average Bonchev–Trinajstić information content (AvgIpc) is 2.59. The number of amides is 1. The van der Waals surface area contributed by atoms with Crippen molar-refractivity contribution < 1.29 is 9.53 Å². The summed E-state index contributed by atoms with van der Waals surface area (Å²) in [6.07, 6.45) is 3.22. The number of nitrogens with zero attached hydrogens (tertiary/aromatic N) is 1. The Labute approximate surface area is 128 Å². The van der Waals surface area contributed by atoms with Crippen molar-refractivity contribution >= 4 is 16.7 Å². The second-order valence-corrected chi connectivity index (χ2v) is 4.97. The normalized spacial score (nSPS) is 10.4. The van der Waals surface area contributed by atoms with E-state index < -0.39 is 0 Å². The first-order chi connectivity index (χ1) is 10.8. The molecule has 0 radical (unpaired) electrons. The van der Waals surface area contributed by atoms with Gasteiger partial charge in [-0.3, -0.25) is 9.78 Å². The lowest BCUT2D eigenvalue weighted by Gasteiger charge is -2.07. The zero-order chi connectivity index (χ0) is 15.4. The summed E-state index contributed by atoms with van der Waals surface area (Å²) in [5.74, 6) is 0.739. The maximum absolute atomic E-state index is 12.0. The summed E-state index contributed by atoms with van der Waals surface area (Å²) in [4.78, 5) is 15.9. The minimum absolute atomic E-state index is 0.0998. The number of ether oxygens (including phenoxy) is 1. The molecule has 0 atom stereocenters. The first-order valence-electron chi connectivity index (χ1n) is 7.01. The molecule has 4 heteroatoms. The molecule has 0 unspecified atom stereocenters. The number of pyridine rings is 1. The molecule has 0 bridgehead atoms. The van der Waals surface area contributed by atoms with Gasteiger partial charge in [-0.1, -0.05) is 18.2 Å². The van der Waals surface area contributed by atoms with Gasteiger partial charge in [0, 0.05) is 24.5 Å². The molecule has 4 nitrogen and oxygen atoms in total. The number of rotatable bonds is 4. The lowest BCUT2D eigenvalue weighted by atomic mass is 10.1. The molecule has 1 amide bonds. The topological polar surface area (TPSA) is 51.2 Å². The van der Waals surface area contributed by atoms with Crippen LogP contribution in [-0.2, 0) is 6.54 Å². The first kappa shape index (κ1) is 14.1. The maximum Gasteiger partial charge on any atom is 0.251 e. The van der Waals surface area contributed by atoms with Crippen molar-refractivity contribution in [2.75, 3.05) is 7.11 Å². The van der Waals surface area contributed by atoms with Gasteiger partial charge in [0.05, 0.1) is 7.11 Å². The molecule has 1 heterocycles. The maximum atomic E-state index is 12.0. The summed E-state index contributed by atoms with van der Waals surface area (Å²) in [6, 6.07) is 15.4. The second-order valence-electron chi connectivity index (χ2n) is 4.97. The van der Waals surface area contributed by atoms with Gasteiger partial charge in [-0.2, -0.15) is 0 Å². The van der Waals surface area contributed by atoms with E-state index in [1.807, 2.05) is 30.3 Å². The Morgan fingerprint density at radius 3 is 2.55 bits per heavy atom. The molecule has 0 saturated carbocycles. The molecule has 3 aromatic rings. The average molecular weight is 292 g/mol. The number of carbonyl (C=O) groups excluding carboxylic acids is 1. The van der Waals surface area contributed by atoms with Crippen molar-refractivity contribution in [2.45, 2.75) is 6.54 Å². The highest BCUT2D eigenvalue weighted by molar-refractivity contribution is 5.94. The van der Waals surface area contributed by atoms with Crippen molar-refractivity contribution in [1.29, 1.82) is 0 Å². The van der Waals surface area contributed by atoms with Crippen LogP contribution >= 0.6 is 0 Å². The van der Waals surface area contributed by atoms with Gasteiger partial charge >= 0.3 is 0 Å². The van der Waals surface area contributed by atoms with Crippen LogP contribution in [0, 0.1) is 0 Å². The summed E-state index contributed by atoms with van der Waals surface area (Å²) in [7, 11) is 1.66. The van der Waals surface area contributed by atoms with Crippen molar-refractivity contribution in [2.24, 2.45) is 0 Å². The zero-order valence-corrected chi connectivity index (χ0v) is 12.2. The predicted molar refractivity (Wildman–Crippen MR) is 85.9 cm³/mol. The van der Waals surface area contributed by atoms with E-state index in [4.69, 9.17) is 4.74 Å². The molecule has 1 aromatic heterocycles. The fourth-order valence-corrected chi connectivity index (χ4v) is 2.30. The lowest BCUT2D eigenvalue weighted by Crippen LogP contribution is -2.22. The van der Waals surface area contributed by atoms with E-state index >= 15 is 0 Å². The molecule has 110 valence electrons. The van der Waals surface area contributed by atoms with E-state index in [0.29, 0.717) is 12.1 Å². The van der Waals surface area contributed by atoms with E-state index in [2.05, 4.69) is 16.4 Å². The Bertz CT molecular complexity index is 801. The van der Waals surface area contributed by atoms with Gasteiger partial charge in [0.15, 0.2) is 0 Å². The first-order valence-corrected chi connectivity index (χ1v) is 7.01. The molecular weight excluding hydrogens is 276 g/mol. The van der Waals surface area contributed by atoms with E-state index in [0.717, 1.165) is 22.1 Å². The van der Waals surface area contributed by atoms with Gasteiger partial charge in [0.1, 0.15) is 5.75 Å². The van der Waals surface area contributed by atoms with Crippen molar-refractivity contribution in [3.05, 3.63) is 72.1 Å². The van der Waals surface area contributed by atoms with Crippen molar-refractivity contribution in [3.63, 3.8) is 0 Å². The molecule has 22 heavy (non-hydrogen) atoms. The Morgan fingerprint density at radius 1 is 1.05 bits per heavy atom. The molecule has 0 fully saturated rings. The molecule has 0 aliphatic heterocycles.